The molecule has 0 saturated carbocycles. The van der Waals surface area contributed by atoms with Crippen molar-refractivity contribution in [2.24, 2.45) is 0 Å². The van der Waals surface area contributed by atoms with Gasteiger partial charge < -0.3 is 4.74 Å². The zero-order chi connectivity index (χ0) is 14.0. The van der Waals surface area contributed by atoms with E-state index < -0.39 is 0 Å². The van der Waals surface area contributed by atoms with Crippen LogP contribution in [0.1, 0.15) is 31.2 Å². The second kappa shape index (κ2) is 6.01. The van der Waals surface area contributed by atoms with Crippen molar-refractivity contribution in [1.82, 2.24) is 9.97 Å². The molecule has 0 N–H and O–H groups in total. The summed E-state index contributed by atoms with van der Waals surface area (Å²) in [5.41, 5.74) is 1.12. The fraction of sp³-hybridized carbons (Fsp3) is 0.286. The van der Waals surface area contributed by atoms with Crippen molar-refractivity contribution in [3.8, 4) is 11.6 Å². The monoisotopic (exact) mass is 384 g/mol. The van der Waals surface area contributed by atoms with Crippen molar-refractivity contribution >= 4 is 31.9 Å². The minimum absolute atomic E-state index is 0.256. The van der Waals surface area contributed by atoms with Crippen LogP contribution in [0.15, 0.2) is 33.3 Å². The summed E-state index contributed by atoms with van der Waals surface area (Å²) in [7, 11) is 0. The number of halogens is 2. The Bertz CT molecular complexity index is 600. The molecule has 0 unspecified atom stereocenters. The fourth-order valence-corrected chi connectivity index (χ4v) is 2.15. The standard InChI is InChI=1S/C14H14Br2N2O/c1-8(2)14-17-12(16)7-13(18-14)19-10-4-5-11(15)9(3)6-10/h4-8H,1-3H3. The summed E-state index contributed by atoms with van der Waals surface area (Å²) in [5.74, 6) is 2.33. The van der Waals surface area contributed by atoms with Gasteiger partial charge in [0.15, 0.2) is 0 Å². The average molecular weight is 386 g/mol. The topological polar surface area (TPSA) is 35.0 Å². The summed E-state index contributed by atoms with van der Waals surface area (Å²) in [6.45, 7) is 6.12. The summed E-state index contributed by atoms with van der Waals surface area (Å²) >= 11 is 6.85. The quantitative estimate of drug-likeness (QED) is 0.679. The van der Waals surface area contributed by atoms with Gasteiger partial charge in [-0.2, -0.15) is 4.98 Å². The normalized spacial score (nSPS) is 10.8. The van der Waals surface area contributed by atoms with E-state index in [9.17, 15) is 0 Å². The van der Waals surface area contributed by atoms with Crippen LogP contribution >= 0.6 is 31.9 Å². The third-order valence-corrected chi connectivity index (χ3v) is 3.85. The lowest BCUT2D eigenvalue weighted by Crippen LogP contribution is -2.00. The highest BCUT2D eigenvalue weighted by molar-refractivity contribution is 9.10. The first-order valence-electron chi connectivity index (χ1n) is 5.94. The number of aromatic nitrogens is 2. The Morgan fingerprint density at radius 1 is 1.11 bits per heavy atom. The van der Waals surface area contributed by atoms with E-state index in [0.717, 1.165) is 26.2 Å². The number of hydrogen-bond donors (Lipinski definition) is 0. The highest BCUT2D eigenvalue weighted by Gasteiger charge is 2.09. The van der Waals surface area contributed by atoms with Crippen LogP contribution in [-0.2, 0) is 0 Å². The SMILES string of the molecule is Cc1cc(Oc2cc(Br)nc(C(C)C)n2)ccc1Br. The molecule has 2 rings (SSSR count). The molecule has 0 aliphatic rings. The van der Waals surface area contributed by atoms with E-state index in [2.05, 4.69) is 55.7 Å². The second-order valence-corrected chi connectivity index (χ2v) is 6.22. The fourth-order valence-electron chi connectivity index (χ4n) is 1.53. The Morgan fingerprint density at radius 3 is 2.47 bits per heavy atom. The molecule has 0 bridgehead atoms. The van der Waals surface area contributed by atoms with Crippen LogP contribution in [0.2, 0.25) is 0 Å². The number of nitrogens with zero attached hydrogens (tertiary/aromatic N) is 2. The van der Waals surface area contributed by atoms with Gasteiger partial charge in [0.1, 0.15) is 16.2 Å². The van der Waals surface area contributed by atoms with Gasteiger partial charge in [0.25, 0.3) is 0 Å². The summed E-state index contributed by atoms with van der Waals surface area (Å²) in [5, 5.41) is 0. The predicted octanol–water partition coefficient (Wildman–Crippen LogP) is 5.23. The molecule has 0 amide bonds. The van der Waals surface area contributed by atoms with Crippen LogP contribution in [-0.4, -0.2) is 9.97 Å². The van der Waals surface area contributed by atoms with Gasteiger partial charge in [-0.3, -0.25) is 0 Å². The molecule has 1 aromatic heterocycles. The number of benzene rings is 1. The third-order valence-electron chi connectivity index (χ3n) is 2.56. The summed E-state index contributed by atoms with van der Waals surface area (Å²) in [6.07, 6.45) is 0. The highest BCUT2D eigenvalue weighted by atomic mass is 79.9. The van der Waals surface area contributed by atoms with Crippen molar-refractivity contribution in [3.05, 3.63) is 44.7 Å². The van der Waals surface area contributed by atoms with Gasteiger partial charge in [0, 0.05) is 16.5 Å². The maximum atomic E-state index is 5.78. The lowest BCUT2D eigenvalue weighted by molar-refractivity contribution is 0.455. The second-order valence-electron chi connectivity index (χ2n) is 4.55. The maximum Gasteiger partial charge on any atom is 0.223 e. The molecule has 0 radical (unpaired) electrons. The Balaban J connectivity index is 2.29. The predicted molar refractivity (Wildman–Crippen MR) is 82.8 cm³/mol. The van der Waals surface area contributed by atoms with E-state index >= 15 is 0 Å². The molecule has 0 spiro atoms. The van der Waals surface area contributed by atoms with Gasteiger partial charge >= 0.3 is 0 Å². The number of hydrogen-bond acceptors (Lipinski definition) is 3. The zero-order valence-corrected chi connectivity index (χ0v) is 14.1. The Kier molecular flexibility index (Phi) is 4.58. The van der Waals surface area contributed by atoms with Crippen LogP contribution in [0.25, 0.3) is 0 Å². The van der Waals surface area contributed by atoms with Crippen molar-refractivity contribution in [3.63, 3.8) is 0 Å². The smallest absolute Gasteiger partial charge is 0.223 e. The average Bonchev–Trinajstić information content (AvgIpc) is 2.33. The molecule has 1 aromatic carbocycles. The lowest BCUT2D eigenvalue weighted by atomic mass is 10.2. The molecule has 0 aliphatic heterocycles. The van der Waals surface area contributed by atoms with Gasteiger partial charge in [-0.25, -0.2) is 4.98 Å². The first-order valence-corrected chi connectivity index (χ1v) is 7.53. The lowest BCUT2D eigenvalue weighted by Gasteiger charge is -2.09. The summed E-state index contributed by atoms with van der Waals surface area (Å²) in [6, 6.07) is 7.60. The molecule has 0 saturated heterocycles. The molecule has 0 atom stereocenters. The van der Waals surface area contributed by atoms with E-state index in [1.807, 2.05) is 25.1 Å². The first kappa shape index (κ1) is 14.5. The van der Waals surface area contributed by atoms with Gasteiger partial charge in [-0.05, 0) is 46.6 Å². The molecule has 3 nitrogen and oxygen atoms in total. The molecular weight excluding hydrogens is 372 g/mol. The Labute approximate surface area is 129 Å². The highest BCUT2D eigenvalue weighted by Crippen LogP contribution is 2.27. The van der Waals surface area contributed by atoms with Crippen molar-refractivity contribution in [1.29, 1.82) is 0 Å². The van der Waals surface area contributed by atoms with Gasteiger partial charge in [-0.1, -0.05) is 29.8 Å². The van der Waals surface area contributed by atoms with E-state index in [0.29, 0.717) is 5.88 Å². The van der Waals surface area contributed by atoms with Gasteiger partial charge in [0.2, 0.25) is 5.88 Å². The Morgan fingerprint density at radius 2 is 1.84 bits per heavy atom. The van der Waals surface area contributed by atoms with Crippen molar-refractivity contribution in [2.45, 2.75) is 26.7 Å². The molecule has 1 heterocycles. The Hall–Kier alpha value is -0.940. The van der Waals surface area contributed by atoms with Crippen LogP contribution in [0.5, 0.6) is 11.6 Å². The summed E-state index contributed by atoms with van der Waals surface area (Å²) in [4.78, 5) is 8.73. The third kappa shape index (κ3) is 3.76. The maximum absolute atomic E-state index is 5.78. The molecule has 5 heteroatoms. The number of ether oxygens (including phenoxy) is 1. The van der Waals surface area contributed by atoms with Gasteiger partial charge in [-0.15, -0.1) is 0 Å². The minimum atomic E-state index is 0.256. The van der Waals surface area contributed by atoms with Crippen LogP contribution in [0, 0.1) is 6.92 Å². The van der Waals surface area contributed by atoms with E-state index in [4.69, 9.17) is 4.74 Å². The first-order chi connectivity index (χ1) is 8.95. The number of rotatable bonds is 3. The van der Waals surface area contributed by atoms with Crippen LogP contribution in [0.4, 0.5) is 0 Å². The van der Waals surface area contributed by atoms with Crippen molar-refractivity contribution < 1.29 is 4.74 Å². The molecule has 2 aromatic rings. The van der Waals surface area contributed by atoms with Crippen LogP contribution in [0.3, 0.4) is 0 Å². The van der Waals surface area contributed by atoms with Gasteiger partial charge in [0.05, 0.1) is 0 Å². The summed E-state index contributed by atoms with van der Waals surface area (Å²) < 4.78 is 7.58. The molecule has 19 heavy (non-hydrogen) atoms. The minimum Gasteiger partial charge on any atom is -0.439 e. The van der Waals surface area contributed by atoms with Crippen LogP contribution < -0.4 is 4.74 Å². The molecule has 0 fully saturated rings. The number of aryl methyl sites for hydroxylation is 1. The molecule has 100 valence electrons. The van der Waals surface area contributed by atoms with E-state index in [1.54, 1.807) is 6.07 Å². The molecule has 0 aliphatic carbocycles. The van der Waals surface area contributed by atoms with E-state index in [-0.39, 0.29) is 5.92 Å². The largest absolute Gasteiger partial charge is 0.439 e. The molecular formula is C14H14Br2N2O. The van der Waals surface area contributed by atoms with Crippen molar-refractivity contribution in [2.75, 3.05) is 0 Å². The zero-order valence-electron chi connectivity index (χ0n) is 10.9. The van der Waals surface area contributed by atoms with E-state index in [1.165, 1.54) is 0 Å².